The highest BCUT2D eigenvalue weighted by Gasteiger charge is 2.33. The second kappa shape index (κ2) is 27.8. The van der Waals surface area contributed by atoms with E-state index in [1.807, 2.05) is 0 Å². The number of phenols is 4. The molecule has 0 aliphatic carbocycles. The Morgan fingerprint density at radius 1 is 0.562 bits per heavy atom. The summed E-state index contributed by atoms with van der Waals surface area (Å²) in [5.41, 5.74) is 2.75. The van der Waals surface area contributed by atoms with Crippen molar-refractivity contribution in [1.82, 2.24) is 15.6 Å². The minimum atomic E-state index is -0.551. The summed E-state index contributed by atoms with van der Waals surface area (Å²) in [6, 6.07) is 17.4. The SMILES string of the molecule is COC(=O)C1CSC(c2ccc(O)c(O)c2)N1.COC(=O)C1CSC(c2ccc(OC(C)=O)c(OC(C)=O)c2)N1.COC(=O)c1csc(-c2ccc(OC(C)=O)c(OC(C)=O)c2)n1.O=Cc1ccc(O)c(O)c1. The van der Waals surface area contributed by atoms with Crippen molar-refractivity contribution in [2.24, 2.45) is 0 Å². The van der Waals surface area contributed by atoms with Crippen LogP contribution in [0.1, 0.15) is 70.4 Å². The smallest absolute Gasteiger partial charge is 0.357 e. The predicted octanol–water partition coefficient (Wildman–Crippen LogP) is 5.75. The van der Waals surface area contributed by atoms with Gasteiger partial charge in [0.05, 0.1) is 32.1 Å². The van der Waals surface area contributed by atoms with Crippen molar-refractivity contribution >= 4 is 82.9 Å². The van der Waals surface area contributed by atoms with Gasteiger partial charge in [-0.3, -0.25) is 44.2 Å². The van der Waals surface area contributed by atoms with Gasteiger partial charge in [-0.2, -0.15) is 0 Å². The van der Waals surface area contributed by atoms with Crippen LogP contribution in [-0.4, -0.2) is 118 Å². The summed E-state index contributed by atoms with van der Waals surface area (Å²) in [5.74, 6) is -2.31. The number of aromatic hydroxyl groups is 4. The number of carbonyl (C=O) groups is 8. The molecule has 4 aromatic carbocycles. The Labute approximate surface area is 429 Å². The van der Waals surface area contributed by atoms with Crippen LogP contribution in [0.2, 0.25) is 0 Å². The van der Waals surface area contributed by atoms with Crippen molar-refractivity contribution in [3.8, 4) is 56.6 Å². The van der Waals surface area contributed by atoms with Crippen molar-refractivity contribution in [2.45, 2.75) is 50.5 Å². The molecule has 1 aromatic heterocycles. The van der Waals surface area contributed by atoms with Crippen LogP contribution < -0.4 is 29.6 Å². The van der Waals surface area contributed by atoms with Gasteiger partial charge >= 0.3 is 41.8 Å². The number of hydrogen-bond acceptors (Lipinski definition) is 25. The average molecular weight is 1070 g/mol. The van der Waals surface area contributed by atoms with E-state index in [0.29, 0.717) is 33.9 Å². The molecule has 0 spiro atoms. The van der Waals surface area contributed by atoms with Gasteiger partial charge in [0, 0.05) is 55.7 Å². The molecule has 0 bridgehead atoms. The quantitative estimate of drug-likeness (QED) is 0.0302. The number of thioether (sulfide) groups is 2. The molecule has 3 heterocycles. The Kier molecular flexibility index (Phi) is 22.0. The number of aldehydes is 1. The minimum Gasteiger partial charge on any atom is -0.504 e. The number of phenolic OH excluding ortho intramolecular Hbond substituents is 4. The van der Waals surface area contributed by atoms with E-state index in [1.54, 1.807) is 47.5 Å². The molecule has 25 heteroatoms. The lowest BCUT2D eigenvalue weighted by molar-refractivity contribution is -0.143. The van der Waals surface area contributed by atoms with Crippen LogP contribution >= 0.6 is 34.9 Å². The first-order chi connectivity index (χ1) is 34.7. The van der Waals surface area contributed by atoms with Crippen LogP contribution in [0.15, 0.2) is 78.2 Å². The van der Waals surface area contributed by atoms with E-state index in [4.69, 9.17) is 33.9 Å². The van der Waals surface area contributed by atoms with Crippen LogP contribution in [0.3, 0.4) is 0 Å². The number of rotatable bonds is 11. The standard InChI is InChI=1S/C15H17NO6S.C15H13NO6S.C11H13NO4S.C7H6O3/c2*1-8(17)21-12-5-4-10(6-13(12)22-9(2)18)14-16-11(7-23-14)15(19)20-3;1-16-11(15)7-5-17-10(12-7)6-2-3-8(13)9(14)4-6;8-4-5-1-2-6(9)7(10)3-5/h4-6,11,14,16H,7H2,1-3H3;4-7H,1-3H3;2-4,7,10,12-14H,5H2,1H3;1-4,9-10H. The van der Waals surface area contributed by atoms with Crippen molar-refractivity contribution in [3.63, 3.8) is 0 Å². The third-order valence-corrected chi connectivity index (χ3v) is 12.8. The first-order valence-corrected chi connectivity index (χ1v) is 24.1. The summed E-state index contributed by atoms with van der Waals surface area (Å²) >= 11 is 4.33. The maximum atomic E-state index is 11.6. The van der Waals surface area contributed by atoms with Crippen molar-refractivity contribution in [2.75, 3.05) is 32.8 Å². The van der Waals surface area contributed by atoms with Crippen LogP contribution in [0.25, 0.3) is 10.6 Å². The number of nitrogens with one attached hydrogen (secondary N) is 2. The molecule has 0 radical (unpaired) electrons. The zero-order valence-corrected chi connectivity index (χ0v) is 42.3. The highest BCUT2D eigenvalue weighted by atomic mass is 32.2. The van der Waals surface area contributed by atoms with E-state index in [0.717, 1.165) is 11.1 Å². The minimum absolute atomic E-state index is 0.0781. The molecule has 4 atom stereocenters. The molecule has 0 amide bonds. The fourth-order valence-corrected chi connectivity index (χ4v) is 9.30. The lowest BCUT2D eigenvalue weighted by Crippen LogP contribution is -2.34. The highest BCUT2D eigenvalue weighted by Crippen LogP contribution is 2.39. The number of esters is 7. The largest absolute Gasteiger partial charge is 0.504 e. The Hall–Kier alpha value is -7.71. The van der Waals surface area contributed by atoms with E-state index in [1.165, 1.54) is 115 Å². The van der Waals surface area contributed by atoms with Gasteiger partial charge in [0.25, 0.3) is 0 Å². The lowest BCUT2D eigenvalue weighted by atomic mass is 10.2. The highest BCUT2D eigenvalue weighted by molar-refractivity contribution is 8.00. The van der Waals surface area contributed by atoms with Gasteiger partial charge < -0.3 is 53.6 Å². The molecule has 2 aliphatic rings. The number of nitrogens with zero attached hydrogens (tertiary/aromatic N) is 1. The molecule has 5 aromatic rings. The Morgan fingerprint density at radius 2 is 1.01 bits per heavy atom. The van der Waals surface area contributed by atoms with Crippen LogP contribution in [0.4, 0.5) is 0 Å². The van der Waals surface area contributed by atoms with E-state index < -0.39 is 29.8 Å². The van der Waals surface area contributed by atoms with Gasteiger partial charge in [-0.15, -0.1) is 34.9 Å². The summed E-state index contributed by atoms with van der Waals surface area (Å²) < 4.78 is 34.1. The van der Waals surface area contributed by atoms with Gasteiger partial charge in [0.1, 0.15) is 23.4 Å². The van der Waals surface area contributed by atoms with Crippen molar-refractivity contribution in [1.29, 1.82) is 0 Å². The Balaban J connectivity index is 0.000000219. The van der Waals surface area contributed by atoms with E-state index in [9.17, 15) is 48.6 Å². The molecule has 7 rings (SSSR count). The molecule has 73 heavy (non-hydrogen) atoms. The second-order valence-corrected chi connectivity index (χ2v) is 17.9. The number of benzene rings is 4. The first kappa shape index (κ1) is 57.9. The molecule has 2 saturated heterocycles. The fraction of sp³-hybridized carbons (Fsp3) is 0.271. The van der Waals surface area contributed by atoms with Crippen molar-refractivity contribution in [3.05, 3.63) is 101 Å². The molecule has 0 saturated carbocycles. The Bertz CT molecular complexity index is 2820. The maximum Gasteiger partial charge on any atom is 0.357 e. The fourth-order valence-electron chi connectivity index (χ4n) is 6.08. The number of ether oxygens (including phenoxy) is 7. The monoisotopic (exact) mass is 1070 g/mol. The van der Waals surface area contributed by atoms with E-state index in [2.05, 4.69) is 25.1 Å². The third-order valence-electron chi connectivity index (χ3n) is 9.35. The molecule has 388 valence electrons. The first-order valence-electron chi connectivity index (χ1n) is 21.1. The molecule has 22 nitrogen and oxygen atoms in total. The summed E-state index contributed by atoms with van der Waals surface area (Å²) in [4.78, 5) is 93.2. The molecular weight excluding hydrogens is 1020 g/mol. The third kappa shape index (κ3) is 17.5. The summed E-state index contributed by atoms with van der Waals surface area (Å²) in [7, 11) is 3.97. The number of carbonyl (C=O) groups excluding carboxylic acids is 8. The maximum absolute atomic E-state index is 11.6. The topological polar surface area (TPSA) is 319 Å². The summed E-state index contributed by atoms with van der Waals surface area (Å²) in [6.07, 6.45) is 0.596. The van der Waals surface area contributed by atoms with E-state index >= 15 is 0 Å². The Morgan fingerprint density at radius 3 is 1.48 bits per heavy atom. The summed E-state index contributed by atoms with van der Waals surface area (Å²) in [5, 5.41) is 44.3. The molecule has 4 unspecified atom stereocenters. The number of methoxy groups -OCH3 is 3. The number of hydrogen-bond donors (Lipinski definition) is 6. The normalized spacial score (nSPS) is 16.2. The molecule has 6 N–H and O–H groups in total. The number of thiazole rings is 1. The molecule has 2 fully saturated rings. The molecule has 2 aliphatic heterocycles. The zero-order chi connectivity index (χ0) is 53.9. The van der Waals surface area contributed by atoms with Crippen molar-refractivity contribution < 1.29 is 91.9 Å². The molecular formula is C48H49N3O19S3. The number of aromatic nitrogens is 1. The second-order valence-electron chi connectivity index (χ2n) is 14.8. The lowest BCUT2D eigenvalue weighted by Gasteiger charge is -2.15. The zero-order valence-electron chi connectivity index (χ0n) is 39.9. The van der Waals surface area contributed by atoms with Gasteiger partial charge in [-0.1, -0.05) is 12.1 Å². The van der Waals surface area contributed by atoms with Gasteiger partial charge in [-0.25, -0.2) is 9.78 Å². The summed E-state index contributed by atoms with van der Waals surface area (Å²) in [6.45, 7) is 5.01. The van der Waals surface area contributed by atoms with Crippen LogP contribution in [-0.2, 0) is 43.0 Å². The van der Waals surface area contributed by atoms with Gasteiger partial charge in [0.15, 0.2) is 51.7 Å². The van der Waals surface area contributed by atoms with Crippen LogP contribution in [0, 0.1) is 0 Å². The van der Waals surface area contributed by atoms with Crippen LogP contribution in [0.5, 0.6) is 46.0 Å². The van der Waals surface area contributed by atoms with Gasteiger partial charge in [-0.05, 0) is 71.8 Å². The predicted molar refractivity (Wildman–Crippen MR) is 264 cm³/mol. The average Bonchev–Trinajstić information content (AvgIpc) is 4.17. The van der Waals surface area contributed by atoms with E-state index in [-0.39, 0.29) is 86.5 Å². The van der Waals surface area contributed by atoms with Gasteiger partial charge in [0.2, 0.25) is 0 Å².